The minimum Gasteiger partial charge on any atom is -0.497 e. The number of nitrogens with zero attached hydrogens (tertiary/aromatic N) is 1. The Morgan fingerprint density at radius 2 is 1.63 bits per heavy atom. The summed E-state index contributed by atoms with van der Waals surface area (Å²) >= 11 is 0. The summed E-state index contributed by atoms with van der Waals surface area (Å²) in [6, 6.07) is 22.5. The van der Waals surface area contributed by atoms with E-state index < -0.39 is 5.92 Å². The SMILES string of the molecule is C=C(C)C(F)(F)c1cccc(CC2CCCCCCc3ccccc3C(=O)N(c3ccc(OC)cc3)CCCC2)c1. The highest BCUT2D eigenvalue weighted by Gasteiger charge is 2.32. The Hall–Kier alpha value is -3.47. The fourth-order valence-corrected chi connectivity index (χ4v) is 5.83. The van der Waals surface area contributed by atoms with E-state index in [-0.39, 0.29) is 17.0 Å². The highest BCUT2D eigenvalue weighted by molar-refractivity contribution is 6.07. The third-order valence-electron chi connectivity index (χ3n) is 8.28. The molecule has 0 aliphatic carbocycles. The number of anilines is 1. The van der Waals surface area contributed by atoms with Gasteiger partial charge in [0.2, 0.25) is 0 Å². The van der Waals surface area contributed by atoms with Crippen LogP contribution in [0.15, 0.2) is 84.9 Å². The molecular weight excluding hydrogens is 516 g/mol. The Balaban J connectivity index is 1.52. The van der Waals surface area contributed by atoms with Crippen LogP contribution in [-0.2, 0) is 18.8 Å². The number of halogens is 2. The first-order valence-electron chi connectivity index (χ1n) is 15.0. The highest BCUT2D eigenvalue weighted by atomic mass is 19.3. The lowest BCUT2D eigenvalue weighted by atomic mass is 9.88. The second-order valence-corrected chi connectivity index (χ2v) is 11.4. The van der Waals surface area contributed by atoms with Crippen LogP contribution in [0.3, 0.4) is 0 Å². The second kappa shape index (κ2) is 14.4. The molecule has 1 heterocycles. The second-order valence-electron chi connectivity index (χ2n) is 11.4. The smallest absolute Gasteiger partial charge is 0.294 e. The van der Waals surface area contributed by atoms with E-state index in [2.05, 4.69) is 12.6 Å². The van der Waals surface area contributed by atoms with Crippen LogP contribution in [0.2, 0.25) is 0 Å². The number of alkyl halides is 2. The molecule has 0 aromatic heterocycles. The summed E-state index contributed by atoms with van der Waals surface area (Å²) in [5.74, 6) is -1.82. The van der Waals surface area contributed by atoms with Gasteiger partial charge < -0.3 is 9.64 Å². The molecule has 0 saturated heterocycles. The molecule has 0 bridgehead atoms. The third-order valence-corrected chi connectivity index (χ3v) is 8.28. The van der Waals surface area contributed by atoms with Gasteiger partial charge in [0.1, 0.15) is 5.75 Å². The Morgan fingerprint density at radius 3 is 2.37 bits per heavy atom. The first kappa shape index (κ1) is 30.5. The molecule has 0 saturated carbocycles. The van der Waals surface area contributed by atoms with Crippen molar-refractivity contribution in [3.8, 4) is 5.75 Å². The van der Waals surface area contributed by atoms with E-state index in [1.807, 2.05) is 53.4 Å². The lowest BCUT2D eigenvalue weighted by molar-refractivity contribution is 0.0384. The lowest BCUT2D eigenvalue weighted by Crippen LogP contribution is -2.32. The normalized spacial score (nSPS) is 17.7. The molecule has 4 rings (SSSR count). The topological polar surface area (TPSA) is 29.5 Å². The van der Waals surface area contributed by atoms with Crippen LogP contribution in [0.4, 0.5) is 14.5 Å². The summed E-state index contributed by atoms with van der Waals surface area (Å²) < 4.78 is 34.6. The van der Waals surface area contributed by atoms with Gasteiger partial charge >= 0.3 is 0 Å². The van der Waals surface area contributed by atoms with Crippen molar-refractivity contribution in [1.82, 2.24) is 0 Å². The molecule has 218 valence electrons. The Bertz CT molecular complexity index is 1300. The molecule has 41 heavy (non-hydrogen) atoms. The minimum atomic E-state index is -3.02. The molecule has 0 radical (unpaired) electrons. The van der Waals surface area contributed by atoms with Crippen LogP contribution in [0.5, 0.6) is 5.75 Å². The summed E-state index contributed by atoms with van der Waals surface area (Å²) in [6.07, 6.45) is 9.99. The number of fused-ring (bicyclic) bond motifs is 1. The zero-order valence-corrected chi connectivity index (χ0v) is 24.5. The molecule has 5 heteroatoms. The van der Waals surface area contributed by atoms with Gasteiger partial charge in [-0.3, -0.25) is 4.79 Å². The molecule has 3 aromatic rings. The predicted octanol–water partition coefficient (Wildman–Crippen LogP) is 9.55. The van der Waals surface area contributed by atoms with Crippen LogP contribution in [-0.4, -0.2) is 19.6 Å². The van der Waals surface area contributed by atoms with Gasteiger partial charge in [-0.05, 0) is 91.6 Å². The maximum atomic E-state index is 14.7. The molecule has 1 atom stereocenters. The largest absolute Gasteiger partial charge is 0.497 e. The quantitative estimate of drug-likeness (QED) is 0.282. The highest BCUT2D eigenvalue weighted by Crippen LogP contribution is 2.35. The molecule has 1 aliphatic heterocycles. The van der Waals surface area contributed by atoms with Crippen LogP contribution in [0.1, 0.15) is 85.3 Å². The van der Waals surface area contributed by atoms with Crippen molar-refractivity contribution in [3.63, 3.8) is 0 Å². The summed E-state index contributed by atoms with van der Waals surface area (Å²) in [4.78, 5) is 15.8. The van der Waals surface area contributed by atoms with Crippen LogP contribution in [0.25, 0.3) is 0 Å². The number of carbonyl (C=O) groups excluding carboxylic acids is 1. The molecule has 3 nitrogen and oxygen atoms in total. The van der Waals surface area contributed by atoms with E-state index in [4.69, 9.17) is 4.74 Å². The number of carbonyl (C=O) groups is 1. The third kappa shape index (κ3) is 8.06. The van der Waals surface area contributed by atoms with Gasteiger partial charge in [-0.2, -0.15) is 8.78 Å². The first-order chi connectivity index (χ1) is 19.8. The molecule has 1 aliphatic rings. The summed E-state index contributed by atoms with van der Waals surface area (Å²) in [5.41, 5.74) is 3.59. The summed E-state index contributed by atoms with van der Waals surface area (Å²) in [6.45, 7) is 5.50. The first-order valence-corrected chi connectivity index (χ1v) is 15.0. The van der Waals surface area contributed by atoms with Crippen molar-refractivity contribution in [1.29, 1.82) is 0 Å². The average Bonchev–Trinajstić information content (AvgIpc) is 2.99. The van der Waals surface area contributed by atoms with Crippen molar-refractivity contribution in [2.75, 3.05) is 18.6 Å². The molecule has 1 unspecified atom stereocenters. The van der Waals surface area contributed by atoms with Crippen molar-refractivity contribution in [3.05, 3.63) is 107 Å². The molecule has 0 fully saturated rings. The molecule has 1 amide bonds. The maximum absolute atomic E-state index is 14.7. The van der Waals surface area contributed by atoms with E-state index in [9.17, 15) is 13.6 Å². The zero-order valence-electron chi connectivity index (χ0n) is 24.5. The van der Waals surface area contributed by atoms with Gasteiger partial charge in [0, 0.05) is 23.4 Å². The van der Waals surface area contributed by atoms with Crippen molar-refractivity contribution in [2.24, 2.45) is 5.92 Å². The molecule has 3 aromatic carbocycles. The lowest BCUT2D eigenvalue weighted by Gasteiger charge is -2.25. The molecule has 0 spiro atoms. The standard InChI is InChI=1S/C36H43F2NO2/c1-27(2)36(37,38)31-18-12-15-29(26-31)25-28-13-6-4-5-7-16-30-17-8-9-19-34(30)35(40)39(24-11-10-14-28)32-20-22-33(41-3)23-21-32/h8-9,12,15,17-23,26,28H,1,4-7,10-11,13-14,16,24-25H2,2-3H3. The fourth-order valence-electron chi connectivity index (χ4n) is 5.83. The van der Waals surface area contributed by atoms with Crippen LogP contribution < -0.4 is 9.64 Å². The Morgan fingerprint density at radius 1 is 0.927 bits per heavy atom. The van der Waals surface area contributed by atoms with Gasteiger partial charge in [-0.1, -0.05) is 81.5 Å². The van der Waals surface area contributed by atoms with Crippen LogP contribution in [0, 0.1) is 5.92 Å². The molecule has 0 N–H and O–H groups in total. The number of amides is 1. The number of rotatable bonds is 6. The average molecular weight is 560 g/mol. The summed E-state index contributed by atoms with van der Waals surface area (Å²) in [7, 11) is 1.64. The number of benzene rings is 3. The zero-order chi connectivity index (χ0) is 29.2. The van der Waals surface area contributed by atoms with E-state index in [0.29, 0.717) is 12.5 Å². The number of allylic oxidation sites excluding steroid dienone is 1. The van der Waals surface area contributed by atoms with Gasteiger partial charge in [0.15, 0.2) is 0 Å². The van der Waals surface area contributed by atoms with E-state index >= 15 is 0 Å². The monoisotopic (exact) mass is 559 g/mol. The van der Waals surface area contributed by atoms with Crippen molar-refractivity contribution in [2.45, 2.75) is 77.1 Å². The van der Waals surface area contributed by atoms with Crippen molar-refractivity contribution < 1.29 is 18.3 Å². The Kier molecular flexibility index (Phi) is 10.7. The Labute approximate surface area is 244 Å². The summed E-state index contributed by atoms with van der Waals surface area (Å²) in [5, 5.41) is 0. The minimum absolute atomic E-state index is 0.0212. The maximum Gasteiger partial charge on any atom is 0.294 e. The van der Waals surface area contributed by atoms with E-state index in [1.165, 1.54) is 13.0 Å². The van der Waals surface area contributed by atoms with E-state index in [0.717, 1.165) is 92.3 Å². The van der Waals surface area contributed by atoms with Crippen LogP contribution >= 0.6 is 0 Å². The number of hydrogen-bond donors (Lipinski definition) is 0. The van der Waals surface area contributed by atoms with E-state index in [1.54, 1.807) is 19.2 Å². The van der Waals surface area contributed by atoms with Crippen molar-refractivity contribution >= 4 is 11.6 Å². The number of ether oxygens (including phenoxy) is 1. The number of aryl methyl sites for hydroxylation is 1. The molecular formula is C36H43F2NO2. The fraction of sp³-hybridized carbons (Fsp3) is 0.417. The predicted molar refractivity (Wildman–Crippen MR) is 164 cm³/mol. The van der Waals surface area contributed by atoms with Gasteiger partial charge in [-0.25, -0.2) is 0 Å². The van der Waals surface area contributed by atoms with Gasteiger partial charge in [-0.15, -0.1) is 0 Å². The van der Waals surface area contributed by atoms with Gasteiger partial charge in [0.05, 0.1) is 7.11 Å². The van der Waals surface area contributed by atoms with Gasteiger partial charge in [0.25, 0.3) is 11.8 Å². The number of hydrogen-bond acceptors (Lipinski definition) is 2. The number of methoxy groups -OCH3 is 1.